The maximum absolute atomic E-state index is 13.8. The lowest BCUT2D eigenvalue weighted by molar-refractivity contribution is -0.148. The lowest BCUT2D eigenvalue weighted by atomic mass is 9.91. The van der Waals surface area contributed by atoms with Crippen molar-refractivity contribution in [1.29, 1.82) is 0 Å². The average Bonchev–Trinajstić information content (AvgIpc) is 4.26. The van der Waals surface area contributed by atoms with E-state index in [-0.39, 0.29) is 49.8 Å². The molecule has 3 N–H and O–H groups in total. The Hall–Kier alpha value is -8.45. The molecule has 1 aliphatic heterocycles. The molecule has 0 radical (unpaired) electrons. The molecular formula is C48H44N10O9. The summed E-state index contributed by atoms with van der Waals surface area (Å²) in [5.41, 5.74) is 9.24. The fourth-order valence-corrected chi connectivity index (χ4v) is 9.32. The fourth-order valence-electron chi connectivity index (χ4n) is 9.32. The highest BCUT2D eigenvalue weighted by molar-refractivity contribution is 6.04. The minimum absolute atomic E-state index is 0.0344. The molecule has 340 valence electrons. The van der Waals surface area contributed by atoms with Crippen molar-refractivity contribution >= 4 is 45.7 Å². The third kappa shape index (κ3) is 6.25. The molecule has 0 bridgehead atoms. The van der Waals surface area contributed by atoms with Crippen molar-refractivity contribution in [3.8, 4) is 34.3 Å². The number of allylic oxidation sites excluding steroid dienone is 3. The van der Waals surface area contributed by atoms with Crippen LogP contribution in [0.1, 0.15) is 49.9 Å². The van der Waals surface area contributed by atoms with E-state index in [0.29, 0.717) is 52.2 Å². The van der Waals surface area contributed by atoms with Gasteiger partial charge in [0.25, 0.3) is 0 Å². The molecule has 5 aromatic heterocycles. The van der Waals surface area contributed by atoms with Gasteiger partial charge in [-0.1, -0.05) is 42.5 Å². The van der Waals surface area contributed by atoms with E-state index in [4.69, 9.17) is 14.2 Å². The van der Waals surface area contributed by atoms with Gasteiger partial charge in [0.05, 0.1) is 23.4 Å². The number of nitrogens with zero attached hydrogens (tertiary/aromatic N) is 10. The van der Waals surface area contributed by atoms with Gasteiger partial charge in [0.15, 0.2) is 0 Å². The molecule has 12 rings (SSSR count). The Labute approximate surface area is 379 Å². The number of carbonyl (C=O) groups excluding carboxylic acids is 3. The first-order valence-corrected chi connectivity index (χ1v) is 22.0. The van der Waals surface area contributed by atoms with E-state index in [9.17, 15) is 29.7 Å². The van der Waals surface area contributed by atoms with Crippen molar-refractivity contribution in [1.82, 2.24) is 47.4 Å². The Bertz CT molecular complexity index is 3640. The number of aryl methyl sites for hydroxylation is 3. The van der Waals surface area contributed by atoms with Gasteiger partial charge in [0, 0.05) is 13.1 Å². The van der Waals surface area contributed by atoms with Crippen molar-refractivity contribution in [3.05, 3.63) is 137 Å². The number of esters is 3. The number of rotatable bonds is 15. The van der Waals surface area contributed by atoms with Crippen molar-refractivity contribution in [2.45, 2.75) is 33.2 Å². The summed E-state index contributed by atoms with van der Waals surface area (Å²) >= 11 is 0. The summed E-state index contributed by atoms with van der Waals surface area (Å²) in [6, 6.07) is 26.4. The second-order valence-electron chi connectivity index (χ2n) is 17.2. The molecule has 0 saturated heterocycles. The zero-order valence-electron chi connectivity index (χ0n) is 36.6. The van der Waals surface area contributed by atoms with Gasteiger partial charge in [-0.3, -0.25) is 9.69 Å². The molecule has 5 aromatic carbocycles. The van der Waals surface area contributed by atoms with Crippen LogP contribution in [0, 0.1) is 26.7 Å². The third-order valence-electron chi connectivity index (χ3n) is 12.8. The SMILES string of the molecule is Cc1ccc(O)c(-n2n3n2[C@H]2C3=CC=CC2C(=O)OCCCN(CCOC(=O)c2cccc3c2n2n(-c4cc(C)ccc4O)n32)COC(=O)c2cccc3c2n2n(-c4cc(C)ccc4O)n32)c1. The van der Waals surface area contributed by atoms with Crippen molar-refractivity contribution < 1.29 is 43.9 Å². The van der Waals surface area contributed by atoms with Crippen molar-refractivity contribution in [2.75, 3.05) is 33.0 Å². The van der Waals surface area contributed by atoms with Crippen LogP contribution in [0.4, 0.5) is 0 Å². The van der Waals surface area contributed by atoms with E-state index in [1.54, 1.807) is 61.3 Å². The standard InChI is InChI=1S/C48H44N10O9/c1-28-14-17-40(59)37(24-28)53-50-34-11-4-8-31(43(34)56(50)53)46(62)65-22-7-20-49(27-67-48(64)33-10-6-13-36-45(33)58-52(36)55(58)39-26-30(3)16-19-42(39)61)21-23-66-47(63)32-9-5-12-35-44(32)57-51(35)54(57)38-25-29(2)15-18-41(38)60/h4-6,8-19,24-26,31,43,59-61H,7,20-23,27H2,1-3H3/t31?,43-,50?,51?,52?,53?,54?,55?,56?,57?,58?/m1/s1. The molecule has 0 spiro atoms. The second kappa shape index (κ2) is 14.8. The van der Waals surface area contributed by atoms with Gasteiger partial charge < -0.3 is 29.5 Å². The minimum Gasteiger partial charge on any atom is -0.506 e. The normalized spacial score (nSPS) is 15.7. The van der Waals surface area contributed by atoms with Crippen molar-refractivity contribution in [3.63, 3.8) is 0 Å². The Morgan fingerprint density at radius 1 is 0.597 bits per heavy atom. The van der Waals surface area contributed by atoms with Crippen LogP contribution < -0.4 is 0 Å². The average molecular weight is 905 g/mol. The van der Waals surface area contributed by atoms with E-state index in [2.05, 4.69) is 0 Å². The third-order valence-corrected chi connectivity index (χ3v) is 12.8. The van der Waals surface area contributed by atoms with E-state index in [1.165, 1.54) is 0 Å². The number of benzene rings is 5. The predicted molar refractivity (Wildman–Crippen MR) is 242 cm³/mol. The predicted octanol–water partition coefficient (Wildman–Crippen LogP) is 6.08. The van der Waals surface area contributed by atoms with Gasteiger partial charge >= 0.3 is 17.9 Å². The number of aromatic nitrogens is 9. The van der Waals surface area contributed by atoms with E-state index in [0.717, 1.165) is 33.4 Å². The first kappa shape index (κ1) is 40.1. The first-order chi connectivity index (χ1) is 32.5. The van der Waals surface area contributed by atoms with Crippen LogP contribution in [0.25, 0.3) is 44.8 Å². The highest BCUT2D eigenvalue weighted by Gasteiger charge is 2.51. The Balaban J connectivity index is 0.725. The molecule has 6 heterocycles. The molecule has 19 heteroatoms. The summed E-state index contributed by atoms with van der Waals surface area (Å²) in [5.74, 6) is -1.71. The quantitative estimate of drug-likeness (QED) is 0.0472. The molecule has 0 amide bonds. The number of phenols is 3. The summed E-state index contributed by atoms with van der Waals surface area (Å²) < 4.78 is 24.8. The number of ether oxygens (including phenoxy) is 3. The number of fused-ring (bicyclic) bond motifs is 12. The van der Waals surface area contributed by atoms with Crippen LogP contribution in [0.2, 0.25) is 0 Å². The maximum atomic E-state index is 13.8. The summed E-state index contributed by atoms with van der Waals surface area (Å²) in [7, 11) is 0. The number of hydrogen-bond acceptors (Lipinski definition) is 10. The van der Waals surface area contributed by atoms with Crippen molar-refractivity contribution in [2.24, 2.45) is 5.92 Å². The largest absolute Gasteiger partial charge is 0.506 e. The first-order valence-electron chi connectivity index (χ1n) is 22.0. The molecular weight excluding hydrogens is 861 g/mol. The highest BCUT2D eigenvalue weighted by atomic mass is 16.6. The Morgan fingerprint density at radius 2 is 1.13 bits per heavy atom. The van der Waals surface area contributed by atoms with Gasteiger partial charge in [-0.2, -0.15) is 14.4 Å². The second-order valence-corrected chi connectivity index (χ2v) is 17.2. The molecule has 2 atom stereocenters. The van der Waals surface area contributed by atoms with Crippen LogP contribution in [0.3, 0.4) is 0 Å². The van der Waals surface area contributed by atoms with Crippen LogP contribution >= 0.6 is 0 Å². The number of phenolic OH excluding ortho intramolecular Hbond substituents is 3. The molecule has 0 saturated carbocycles. The molecule has 1 aliphatic carbocycles. The summed E-state index contributed by atoms with van der Waals surface area (Å²) in [6.45, 7) is 6.26. The summed E-state index contributed by atoms with van der Waals surface area (Å²) in [4.78, 5) is 52.0. The zero-order valence-corrected chi connectivity index (χ0v) is 36.6. The molecule has 19 nitrogen and oxygen atoms in total. The molecule has 2 aliphatic rings. The number of hydrogen-bond donors (Lipinski definition) is 3. The topological polar surface area (TPSA) is 185 Å². The summed E-state index contributed by atoms with van der Waals surface area (Å²) in [6.07, 6.45) is 5.99. The number of carbonyl (C=O) groups is 3. The Kier molecular flexibility index (Phi) is 8.85. The van der Waals surface area contributed by atoms with Gasteiger partial charge in [-0.05, 0) is 111 Å². The van der Waals surface area contributed by atoms with E-state index >= 15 is 0 Å². The van der Waals surface area contributed by atoms with Gasteiger partial charge in [-0.15, -0.1) is 28.1 Å². The molecule has 0 fully saturated rings. The highest BCUT2D eigenvalue weighted by Crippen LogP contribution is 2.48. The monoisotopic (exact) mass is 904 g/mol. The zero-order chi connectivity index (χ0) is 46.0. The fraction of sp³-hybridized carbons (Fsp3) is 0.229. The lowest BCUT2D eigenvalue weighted by Crippen LogP contribution is -2.35. The van der Waals surface area contributed by atoms with E-state index in [1.807, 2.05) is 116 Å². The molecule has 1 unspecified atom stereocenters. The molecule has 67 heavy (non-hydrogen) atoms. The van der Waals surface area contributed by atoms with Gasteiger partial charge in [0.1, 0.15) is 81.7 Å². The lowest BCUT2D eigenvalue weighted by Gasteiger charge is -2.29. The number of para-hydroxylation sites is 2. The van der Waals surface area contributed by atoms with Gasteiger partial charge in [0.2, 0.25) is 0 Å². The molecule has 10 aromatic rings. The van der Waals surface area contributed by atoms with Crippen LogP contribution in [-0.2, 0) is 19.0 Å². The smallest absolute Gasteiger partial charge is 0.341 e. The summed E-state index contributed by atoms with van der Waals surface area (Å²) in [5, 5.41) is 31.7. The maximum Gasteiger partial charge on any atom is 0.341 e. The van der Waals surface area contributed by atoms with Crippen LogP contribution in [0.5, 0.6) is 17.2 Å². The van der Waals surface area contributed by atoms with Crippen LogP contribution in [0.15, 0.2) is 109 Å². The van der Waals surface area contributed by atoms with Crippen LogP contribution in [-0.4, -0.2) is 114 Å². The van der Waals surface area contributed by atoms with E-state index < -0.39 is 23.8 Å². The Morgan fingerprint density at radius 3 is 1.70 bits per heavy atom. The number of aromatic hydroxyl groups is 3. The minimum atomic E-state index is -0.569. The van der Waals surface area contributed by atoms with Gasteiger partial charge in [-0.25, -0.2) is 9.59 Å².